The Kier molecular flexibility index (Phi) is 6.33. The summed E-state index contributed by atoms with van der Waals surface area (Å²) in [4.78, 5) is 0. The smallest absolute Gasteiger partial charge is 0.166 e. The zero-order valence-corrected chi connectivity index (χ0v) is 15.8. The van der Waals surface area contributed by atoms with Crippen LogP contribution in [-0.4, -0.2) is 18.3 Å². The topological polar surface area (TPSA) is 50.7 Å². The van der Waals surface area contributed by atoms with Crippen LogP contribution in [0.15, 0.2) is 24.3 Å². The second kappa shape index (κ2) is 8.06. The molecule has 130 valence electrons. The molecule has 4 nitrogen and oxygen atoms in total. The number of halogens is 3. The number of hydrogen-bond acceptors (Lipinski definition) is 4. The first kappa shape index (κ1) is 18.8. The molecule has 2 aromatic rings. The second-order valence-electron chi connectivity index (χ2n) is 5.40. The summed E-state index contributed by atoms with van der Waals surface area (Å²) in [5.74, 6) is 1.05. The van der Waals surface area contributed by atoms with E-state index in [9.17, 15) is 5.11 Å². The van der Waals surface area contributed by atoms with Gasteiger partial charge in [0.05, 0.1) is 23.3 Å². The summed E-state index contributed by atoms with van der Waals surface area (Å²) < 4.78 is 11.2. The predicted octanol–water partition coefficient (Wildman–Crippen LogP) is 5.76. The first-order valence-electron chi connectivity index (χ1n) is 7.26. The van der Waals surface area contributed by atoms with Crippen molar-refractivity contribution in [3.05, 3.63) is 44.9 Å². The van der Waals surface area contributed by atoms with Crippen LogP contribution in [0.5, 0.6) is 17.2 Å². The normalized spacial score (nSPS) is 10.8. The number of anilines is 1. The molecule has 0 saturated heterocycles. The standard InChI is InChI=1S/C17H18Cl3NO3/c1-9(2)24-17-10(4-11(18)5-15(17)23-3)8-21-12-6-13(19)16(22)14(20)7-12/h4-7,9,21-22H,8H2,1-3H3. The fourth-order valence-electron chi connectivity index (χ4n) is 2.14. The number of phenols is 1. The lowest BCUT2D eigenvalue weighted by Crippen LogP contribution is -2.10. The Morgan fingerprint density at radius 2 is 1.71 bits per heavy atom. The van der Waals surface area contributed by atoms with Gasteiger partial charge in [-0.05, 0) is 32.0 Å². The molecule has 0 unspecified atom stereocenters. The minimum Gasteiger partial charge on any atom is -0.505 e. The highest BCUT2D eigenvalue weighted by atomic mass is 35.5. The van der Waals surface area contributed by atoms with Gasteiger partial charge in [0.2, 0.25) is 0 Å². The number of ether oxygens (including phenoxy) is 2. The van der Waals surface area contributed by atoms with Gasteiger partial charge in [0, 0.05) is 28.9 Å². The molecular weight excluding hydrogens is 373 g/mol. The molecule has 0 aliphatic rings. The van der Waals surface area contributed by atoms with Crippen LogP contribution in [0.1, 0.15) is 19.4 Å². The third kappa shape index (κ3) is 4.53. The third-order valence-electron chi connectivity index (χ3n) is 3.17. The molecule has 0 aliphatic heterocycles. The first-order chi connectivity index (χ1) is 11.3. The van der Waals surface area contributed by atoms with Crippen molar-refractivity contribution in [1.82, 2.24) is 0 Å². The van der Waals surface area contributed by atoms with Gasteiger partial charge in [-0.3, -0.25) is 0 Å². The summed E-state index contributed by atoms with van der Waals surface area (Å²) in [5.41, 5.74) is 1.49. The fraction of sp³-hybridized carbons (Fsp3) is 0.294. The Bertz CT molecular complexity index is 712. The maximum Gasteiger partial charge on any atom is 0.166 e. The highest BCUT2D eigenvalue weighted by Crippen LogP contribution is 2.37. The van der Waals surface area contributed by atoms with Gasteiger partial charge in [-0.25, -0.2) is 0 Å². The van der Waals surface area contributed by atoms with E-state index < -0.39 is 0 Å². The molecule has 0 amide bonds. The van der Waals surface area contributed by atoms with E-state index in [2.05, 4.69) is 5.32 Å². The molecule has 2 rings (SSSR count). The van der Waals surface area contributed by atoms with Gasteiger partial charge >= 0.3 is 0 Å². The van der Waals surface area contributed by atoms with Crippen molar-refractivity contribution in [1.29, 1.82) is 0 Å². The molecule has 24 heavy (non-hydrogen) atoms. The third-order valence-corrected chi connectivity index (χ3v) is 3.96. The lowest BCUT2D eigenvalue weighted by Gasteiger charge is -2.19. The lowest BCUT2D eigenvalue weighted by molar-refractivity contribution is 0.228. The molecule has 0 heterocycles. The summed E-state index contributed by atoms with van der Waals surface area (Å²) in [6.07, 6.45) is -0.0172. The lowest BCUT2D eigenvalue weighted by atomic mass is 10.1. The highest BCUT2D eigenvalue weighted by molar-refractivity contribution is 6.37. The quantitative estimate of drug-likeness (QED) is 0.616. The van der Waals surface area contributed by atoms with Crippen LogP contribution in [0.2, 0.25) is 15.1 Å². The van der Waals surface area contributed by atoms with Crippen LogP contribution in [-0.2, 0) is 6.54 Å². The van der Waals surface area contributed by atoms with E-state index in [1.165, 1.54) is 0 Å². The van der Waals surface area contributed by atoms with E-state index in [1.807, 2.05) is 13.8 Å². The number of aromatic hydroxyl groups is 1. The van der Waals surface area contributed by atoms with E-state index in [0.717, 1.165) is 5.56 Å². The molecule has 0 atom stereocenters. The van der Waals surface area contributed by atoms with Crippen molar-refractivity contribution in [3.8, 4) is 17.2 Å². The monoisotopic (exact) mass is 389 g/mol. The van der Waals surface area contributed by atoms with Crippen molar-refractivity contribution < 1.29 is 14.6 Å². The molecule has 2 N–H and O–H groups in total. The summed E-state index contributed by atoms with van der Waals surface area (Å²) in [5, 5.41) is 13.7. The van der Waals surface area contributed by atoms with Crippen LogP contribution in [0.3, 0.4) is 0 Å². The molecule has 0 aliphatic carbocycles. The highest BCUT2D eigenvalue weighted by Gasteiger charge is 2.15. The predicted molar refractivity (Wildman–Crippen MR) is 99.2 cm³/mol. The Hall–Kier alpha value is -1.49. The van der Waals surface area contributed by atoms with Gasteiger partial charge < -0.3 is 19.9 Å². The zero-order chi connectivity index (χ0) is 17.9. The molecule has 0 saturated carbocycles. The van der Waals surface area contributed by atoms with Crippen LogP contribution >= 0.6 is 34.8 Å². The minimum atomic E-state index is -0.142. The van der Waals surface area contributed by atoms with Gasteiger partial charge in [0.1, 0.15) is 0 Å². The van der Waals surface area contributed by atoms with Crippen molar-refractivity contribution in [2.45, 2.75) is 26.5 Å². The van der Waals surface area contributed by atoms with E-state index in [0.29, 0.717) is 28.8 Å². The minimum absolute atomic E-state index is 0.0172. The average Bonchev–Trinajstić information content (AvgIpc) is 2.51. The van der Waals surface area contributed by atoms with Crippen molar-refractivity contribution in [3.63, 3.8) is 0 Å². The summed E-state index contributed by atoms with van der Waals surface area (Å²) in [7, 11) is 1.57. The van der Waals surface area contributed by atoms with Gasteiger partial charge in [-0.15, -0.1) is 0 Å². The Balaban J connectivity index is 2.30. The number of benzene rings is 2. The molecule has 2 aromatic carbocycles. The largest absolute Gasteiger partial charge is 0.505 e. The number of methoxy groups -OCH3 is 1. The molecule has 0 bridgehead atoms. The molecule has 0 spiro atoms. The first-order valence-corrected chi connectivity index (χ1v) is 8.40. The Morgan fingerprint density at radius 3 is 2.25 bits per heavy atom. The van der Waals surface area contributed by atoms with Gasteiger partial charge in [-0.1, -0.05) is 34.8 Å². The summed E-state index contributed by atoms with van der Waals surface area (Å²) >= 11 is 18.0. The number of phenolic OH excluding ortho intramolecular Hbond substituents is 1. The maximum absolute atomic E-state index is 9.62. The molecule has 0 aromatic heterocycles. The van der Waals surface area contributed by atoms with Crippen molar-refractivity contribution in [2.24, 2.45) is 0 Å². The number of rotatable bonds is 6. The number of hydrogen-bond donors (Lipinski definition) is 2. The Labute approximate surface area is 156 Å². The molecular formula is C17H18Cl3NO3. The molecule has 0 fully saturated rings. The van der Waals surface area contributed by atoms with Crippen LogP contribution in [0.25, 0.3) is 0 Å². The van der Waals surface area contributed by atoms with E-state index >= 15 is 0 Å². The van der Waals surface area contributed by atoms with Crippen LogP contribution in [0.4, 0.5) is 5.69 Å². The van der Waals surface area contributed by atoms with E-state index in [-0.39, 0.29) is 21.9 Å². The van der Waals surface area contributed by atoms with Crippen LogP contribution < -0.4 is 14.8 Å². The second-order valence-corrected chi connectivity index (χ2v) is 6.66. The van der Waals surface area contributed by atoms with Crippen molar-refractivity contribution >= 4 is 40.5 Å². The number of nitrogens with one attached hydrogen (secondary N) is 1. The van der Waals surface area contributed by atoms with E-state index in [1.54, 1.807) is 31.4 Å². The van der Waals surface area contributed by atoms with Gasteiger partial charge in [0.25, 0.3) is 0 Å². The van der Waals surface area contributed by atoms with Crippen molar-refractivity contribution in [2.75, 3.05) is 12.4 Å². The molecule has 0 radical (unpaired) electrons. The average molecular weight is 391 g/mol. The Morgan fingerprint density at radius 1 is 1.08 bits per heavy atom. The van der Waals surface area contributed by atoms with Gasteiger partial charge in [-0.2, -0.15) is 0 Å². The summed E-state index contributed by atoms with van der Waals surface area (Å²) in [6, 6.07) is 6.69. The van der Waals surface area contributed by atoms with E-state index in [4.69, 9.17) is 44.3 Å². The maximum atomic E-state index is 9.62. The fourth-order valence-corrected chi connectivity index (χ4v) is 2.86. The van der Waals surface area contributed by atoms with Gasteiger partial charge in [0.15, 0.2) is 17.2 Å². The SMILES string of the molecule is COc1cc(Cl)cc(CNc2cc(Cl)c(O)c(Cl)c2)c1OC(C)C. The summed E-state index contributed by atoms with van der Waals surface area (Å²) in [6.45, 7) is 4.28. The van der Waals surface area contributed by atoms with Crippen LogP contribution in [0, 0.1) is 0 Å². The molecule has 7 heteroatoms. The zero-order valence-electron chi connectivity index (χ0n) is 13.5.